The van der Waals surface area contributed by atoms with Crippen LogP contribution in [0.5, 0.6) is 23.0 Å². The average molecular weight is 551 g/mol. The van der Waals surface area contributed by atoms with Crippen LogP contribution in [0.25, 0.3) is 22.1 Å². The van der Waals surface area contributed by atoms with Gasteiger partial charge >= 0.3 is 0 Å². The highest BCUT2D eigenvalue weighted by molar-refractivity contribution is 9.10. The molecule has 6 rings (SSSR count). The van der Waals surface area contributed by atoms with Gasteiger partial charge in [0, 0.05) is 0 Å². The van der Waals surface area contributed by atoms with E-state index in [-0.39, 0.29) is 12.4 Å². The topological polar surface area (TPSA) is 71.3 Å². The summed E-state index contributed by atoms with van der Waals surface area (Å²) in [6.45, 7) is 2.95. The van der Waals surface area contributed by atoms with Crippen LogP contribution in [0, 0.1) is 0 Å². The summed E-state index contributed by atoms with van der Waals surface area (Å²) >= 11 is 4.99. The summed E-state index contributed by atoms with van der Waals surface area (Å²) in [7, 11) is 0. The van der Waals surface area contributed by atoms with Gasteiger partial charge in [0.1, 0.15) is 6.61 Å². The zero-order valence-electron chi connectivity index (χ0n) is 18.6. The maximum Gasteiger partial charge on any atom is 0.274 e. The molecule has 1 aliphatic heterocycles. The van der Waals surface area contributed by atoms with Gasteiger partial charge in [0.25, 0.3) is 5.56 Å². The normalized spacial score (nSPS) is 13.1. The van der Waals surface area contributed by atoms with Gasteiger partial charge in [-0.05, 0) is 76.5 Å². The van der Waals surface area contributed by atoms with E-state index >= 15 is 0 Å². The Kier molecular flexibility index (Phi) is 5.58. The molecular formula is C26H19BrN2O5S. The minimum absolute atomic E-state index is 0.0871. The molecule has 0 amide bonds. The molecular weight excluding hydrogens is 532 g/mol. The fourth-order valence-corrected chi connectivity index (χ4v) is 5.58. The Bertz CT molecular complexity index is 1690. The number of benzene rings is 3. The SMILES string of the molecule is CCOc1cc(C=c2sc3nc4ccccc4n3c2=O)cc(Br)c1OCc1ccc2c(c1)OCO2. The molecule has 0 aliphatic carbocycles. The summed E-state index contributed by atoms with van der Waals surface area (Å²) in [5, 5.41) is 0. The Balaban J connectivity index is 1.34. The standard InChI is InChI=1S/C26H19BrN2O5S/c1-2-31-22-11-16(12-23-25(30)29-19-6-4-3-5-18(19)28-26(29)35-23)9-17(27)24(22)32-13-15-7-8-20-21(10-15)34-14-33-20/h3-12H,2,13-14H2,1H3. The van der Waals surface area contributed by atoms with E-state index in [4.69, 9.17) is 18.9 Å². The van der Waals surface area contributed by atoms with Gasteiger partial charge in [-0.15, -0.1) is 0 Å². The molecule has 0 saturated carbocycles. The summed E-state index contributed by atoms with van der Waals surface area (Å²) in [5.74, 6) is 2.63. The minimum Gasteiger partial charge on any atom is -0.490 e. The number of hydrogen-bond acceptors (Lipinski definition) is 7. The molecule has 0 radical (unpaired) electrons. The first-order valence-corrected chi connectivity index (χ1v) is 12.6. The molecule has 0 fully saturated rings. The van der Waals surface area contributed by atoms with E-state index in [1.807, 2.05) is 67.6 Å². The number of imidazole rings is 1. The number of halogens is 1. The lowest BCUT2D eigenvalue weighted by molar-refractivity contribution is 0.174. The predicted molar refractivity (Wildman–Crippen MR) is 138 cm³/mol. The smallest absolute Gasteiger partial charge is 0.274 e. The first-order chi connectivity index (χ1) is 17.1. The maximum atomic E-state index is 13.1. The van der Waals surface area contributed by atoms with Crippen molar-refractivity contribution in [2.24, 2.45) is 0 Å². The lowest BCUT2D eigenvalue weighted by Gasteiger charge is -2.15. The zero-order valence-corrected chi connectivity index (χ0v) is 21.0. The third-order valence-electron chi connectivity index (χ3n) is 5.59. The number of thiazole rings is 1. The van der Waals surface area contributed by atoms with E-state index in [9.17, 15) is 4.79 Å². The number of aromatic nitrogens is 2. The van der Waals surface area contributed by atoms with Crippen LogP contribution in [0.1, 0.15) is 18.1 Å². The van der Waals surface area contributed by atoms with Gasteiger partial charge in [-0.3, -0.25) is 4.79 Å². The van der Waals surface area contributed by atoms with Gasteiger partial charge in [-0.2, -0.15) is 0 Å². The molecule has 2 aromatic heterocycles. The molecule has 3 heterocycles. The van der Waals surface area contributed by atoms with Crippen LogP contribution in [-0.2, 0) is 6.61 Å². The number of rotatable bonds is 6. The fraction of sp³-hybridized carbons (Fsp3) is 0.154. The van der Waals surface area contributed by atoms with Crippen LogP contribution in [0.4, 0.5) is 0 Å². The summed E-state index contributed by atoms with van der Waals surface area (Å²) < 4.78 is 25.8. The number of fused-ring (bicyclic) bond motifs is 4. The minimum atomic E-state index is -0.0871. The van der Waals surface area contributed by atoms with Crippen LogP contribution < -0.4 is 29.0 Å². The van der Waals surface area contributed by atoms with Gasteiger partial charge in [-0.1, -0.05) is 29.5 Å². The number of para-hydroxylation sites is 2. The van der Waals surface area contributed by atoms with Crippen LogP contribution in [0.2, 0.25) is 0 Å². The molecule has 7 nitrogen and oxygen atoms in total. The lowest BCUT2D eigenvalue weighted by atomic mass is 10.2. The summed E-state index contributed by atoms with van der Waals surface area (Å²) in [6.07, 6.45) is 1.85. The zero-order chi connectivity index (χ0) is 23.9. The summed E-state index contributed by atoms with van der Waals surface area (Å²) in [4.78, 5) is 18.4. The Morgan fingerprint density at radius 1 is 1.11 bits per heavy atom. The predicted octanol–water partition coefficient (Wildman–Crippen LogP) is 4.93. The van der Waals surface area contributed by atoms with Crippen molar-refractivity contribution in [1.29, 1.82) is 0 Å². The average Bonchev–Trinajstić information content (AvgIpc) is 3.53. The van der Waals surface area contributed by atoms with Gasteiger partial charge in [-0.25, -0.2) is 9.38 Å². The van der Waals surface area contributed by atoms with E-state index < -0.39 is 0 Å². The molecule has 3 aromatic carbocycles. The molecule has 176 valence electrons. The van der Waals surface area contributed by atoms with Crippen LogP contribution in [-0.4, -0.2) is 22.8 Å². The van der Waals surface area contributed by atoms with E-state index in [1.165, 1.54) is 11.3 Å². The third kappa shape index (κ3) is 4.00. The molecule has 0 unspecified atom stereocenters. The van der Waals surface area contributed by atoms with Gasteiger partial charge in [0.2, 0.25) is 6.79 Å². The molecule has 35 heavy (non-hydrogen) atoms. The van der Waals surface area contributed by atoms with Gasteiger partial charge < -0.3 is 18.9 Å². The first-order valence-electron chi connectivity index (χ1n) is 11.0. The van der Waals surface area contributed by atoms with Crippen molar-refractivity contribution < 1.29 is 18.9 Å². The van der Waals surface area contributed by atoms with Gasteiger partial charge in [0.15, 0.2) is 28.0 Å². The van der Waals surface area contributed by atoms with Crippen LogP contribution in [0.3, 0.4) is 0 Å². The van der Waals surface area contributed by atoms with E-state index in [2.05, 4.69) is 20.9 Å². The second kappa shape index (κ2) is 8.90. The monoisotopic (exact) mass is 550 g/mol. The quantitative estimate of drug-likeness (QED) is 0.298. The third-order valence-corrected chi connectivity index (χ3v) is 7.15. The largest absolute Gasteiger partial charge is 0.490 e. The molecule has 5 aromatic rings. The summed E-state index contributed by atoms with van der Waals surface area (Å²) in [5.41, 5.74) is 3.31. The van der Waals surface area contributed by atoms with Crippen molar-refractivity contribution >= 4 is 49.3 Å². The molecule has 0 saturated heterocycles. The molecule has 0 bridgehead atoms. The molecule has 9 heteroatoms. The van der Waals surface area contributed by atoms with E-state index in [0.29, 0.717) is 40.0 Å². The van der Waals surface area contributed by atoms with Gasteiger partial charge in [0.05, 0.1) is 26.6 Å². The second-order valence-electron chi connectivity index (χ2n) is 7.87. The molecule has 0 spiro atoms. The molecule has 1 aliphatic rings. The van der Waals surface area contributed by atoms with Crippen LogP contribution in [0.15, 0.2) is 63.9 Å². The highest BCUT2D eigenvalue weighted by Crippen LogP contribution is 2.38. The molecule has 0 atom stereocenters. The van der Waals surface area contributed by atoms with Crippen LogP contribution >= 0.6 is 27.3 Å². The van der Waals surface area contributed by atoms with Crippen molar-refractivity contribution in [1.82, 2.24) is 9.38 Å². The number of hydrogen-bond donors (Lipinski definition) is 0. The van der Waals surface area contributed by atoms with Crippen molar-refractivity contribution in [2.75, 3.05) is 13.4 Å². The second-order valence-corrected chi connectivity index (χ2v) is 9.74. The van der Waals surface area contributed by atoms with Crippen molar-refractivity contribution in [3.63, 3.8) is 0 Å². The molecule has 0 N–H and O–H groups in total. The van der Waals surface area contributed by atoms with Crippen molar-refractivity contribution in [3.05, 3.63) is 85.1 Å². The van der Waals surface area contributed by atoms with E-state index in [1.54, 1.807) is 4.40 Å². The number of ether oxygens (including phenoxy) is 4. The Morgan fingerprint density at radius 2 is 1.97 bits per heavy atom. The maximum absolute atomic E-state index is 13.1. The summed E-state index contributed by atoms with van der Waals surface area (Å²) in [6, 6.07) is 17.2. The lowest BCUT2D eigenvalue weighted by Crippen LogP contribution is -2.22. The fourth-order valence-electron chi connectivity index (χ4n) is 4.02. The first kappa shape index (κ1) is 21.9. The Morgan fingerprint density at radius 3 is 2.86 bits per heavy atom. The number of nitrogens with zero attached hydrogens (tertiary/aromatic N) is 2. The highest BCUT2D eigenvalue weighted by atomic mass is 79.9. The Hall–Kier alpha value is -3.56. The highest BCUT2D eigenvalue weighted by Gasteiger charge is 2.16. The van der Waals surface area contributed by atoms with E-state index in [0.717, 1.165) is 32.4 Å². The Labute approximate surface area is 212 Å². The van der Waals surface area contributed by atoms with Crippen molar-refractivity contribution in [3.8, 4) is 23.0 Å². The van der Waals surface area contributed by atoms with Crippen molar-refractivity contribution in [2.45, 2.75) is 13.5 Å².